The number of anilines is 1. The van der Waals surface area contributed by atoms with Crippen molar-refractivity contribution in [2.45, 2.75) is 0 Å². The molecule has 0 atom stereocenters. The van der Waals surface area contributed by atoms with Gasteiger partial charge in [-0.2, -0.15) is 0 Å². The molecular weight excluding hydrogens is 342 g/mol. The molecule has 0 unspecified atom stereocenters. The zero-order chi connectivity index (χ0) is 14.4. The zero-order valence-electron chi connectivity index (χ0n) is 9.75. The van der Waals surface area contributed by atoms with Gasteiger partial charge in [0.15, 0.2) is 5.58 Å². The van der Waals surface area contributed by atoms with E-state index in [9.17, 15) is 0 Å². The van der Waals surface area contributed by atoms with Crippen LogP contribution in [-0.2, 0) is 0 Å². The van der Waals surface area contributed by atoms with E-state index in [2.05, 4.69) is 4.98 Å². The van der Waals surface area contributed by atoms with Gasteiger partial charge in [-0.1, -0.05) is 46.4 Å². The molecule has 0 aliphatic heterocycles. The summed E-state index contributed by atoms with van der Waals surface area (Å²) < 4.78 is 5.63. The summed E-state index contributed by atoms with van der Waals surface area (Å²) in [4.78, 5) is 4.31. The van der Waals surface area contributed by atoms with E-state index in [-0.39, 0.29) is 5.89 Å². The van der Waals surface area contributed by atoms with Crippen molar-refractivity contribution < 1.29 is 4.42 Å². The Morgan fingerprint density at radius 1 is 0.950 bits per heavy atom. The SMILES string of the molecule is Nc1c(Cl)ccc(Cl)c1-c1nc2cc(Cl)cc(Cl)c2o1. The van der Waals surface area contributed by atoms with Crippen LogP contribution in [0.3, 0.4) is 0 Å². The molecule has 3 aromatic rings. The van der Waals surface area contributed by atoms with Gasteiger partial charge in [0.2, 0.25) is 5.89 Å². The van der Waals surface area contributed by atoms with E-state index >= 15 is 0 Å². The molecule has 0 fully saturated rings. The molecule has 7 heteroatoms. The topological polar surface area (TPSA) is 52.0 Å². The van der Waals surface area contributed by atoms with Crippen molar-refractivity contribution in [3.63, 3.8) is 0 Å². The second-order valence-corrected chi connectivity index (χ2v) is 5.73. The maximum absolute atomic E-state index is 6.14. The van der Waals surface area contributed by atoms with Crippen LogP contribution in [0.1, 0.15) is 0 Å². The number of benzene rings is 2. The van der Waals surface area contributed by atoms with Gasteiger partial charge in [-0.25, -0.2) is 4.98 Å². The lowest BCUT2D eigenvalue weighted by Gasteiger charge is -2.05. The second kappa shape index (κ2) is 5.01. The molecule has 0 aliphatic rings. The van der Waals surface area contributed by atoms with Gasteiger partial charge in [0.05, 0.1) is 26.3 Å². The summed E-state index contributed by atoms with van der Waals surface area (Å²) >= 11 is 24.1. The summed E-state index contributed by atoms with van der Waals surface area (Å²) in [7, 11) is 0. The number of oxazole rings is 1. The molecule has 0 aliphatic carbocycles. The molecule has 1 aromatic heterocycles. The summed E-state index contributed by atoms with van der Waals surface area (Å²) in [5.41, 5.74) is 7.60. The third kappa shape index (κ3) is 2.21. The van der Waals surface area contributed by atoms with Crippen molar-refractivity contribution in [2.24, 2.45) is 0 Å². The molecule has 3 nitrogen and oxygen atoms in total. The van der Waals surface area contributed by atoms with Crippen molar-refractivity contribution in [1.29, 1.82) is 0 Å². The van der Waals surface area contributed by atoms with Crippen LogP contribution in [0.25, 0.3) is 22.6 Å². The van der Waals surface area contributed by atoms with Gasteiger partial charge in [0.1, 0.15) is 5.52 Å². The Kier molecular flexibility index (Phi) is 3.46. The first kappa shape index (κ1) is 13.8. The molecule has 2 N–H and O–H groups in total. The normalized spacial score (nSPS) is 11.2. The Balaban J connectivity index is 2.31. The number of hydrogen-bond donors (Lipinski definition) is 1. The number of aromatic nitrogens is 1. The number of nitrogens with two attached hydrogens (primary N) is 1. The highest BCUT2D eigenvalue weighted by molar-refractivity contribution is 6.39. The summed E-state index contributed by atoms with van der Waals surface area (Å²) in [5, 5.41) is 1.59. The van der Waals surface area contributed by atoms with Crippen molar-refractivity contribution >= 4 is 63.2 Å². The lowest BCUT2D eigenvalue weighted by molar-refractivity contribution is 0.620. The Bertz CT molecular complexity index is 829. The van der Waals surface area contributed by atoms with E-state index in [1.54, 1.807) is 24.3 Å². The number of fused-ring (bicyclic) bond motifs is 1. The molecule has 0 radical (unpaired) electrons. The molecule has 0 saturated carbocycles. The Labute approximate surface area is 134 Å². The third-order valence-electron chi connectivity index (χ3n) is 2.76. The highest BCUT2D eigenvalue weighted by Crippen LogP contribution is 2.39. The minimum Gasteiger partial charge on any atom is -0.434 e. The maximum atomic E-state index is 6.14. The molecule has 2 aromatic carbocycles. The van der Waals surface area contributed by atoms with Gasteiger partial charge in [0.25, 0.3) is 0 Å². The van der Waals surface area contributed by atoms with Crippen molar-refractivity contribution in [3.05, 3.63) is 44.4 Å². The van der Waals surface area contributed by atoms with E-state index in [0.717, 1.165) is 0 Å². The predicted molar refractivity (Wildman–Crippen MR) is 83.9 cm³/mol. The summed E-state index contributed by atoms with van der Waals surface area (Å²) in [6.45, 7) is 0. The Morgan fingerprint density at radius 3 is 2.40 bits per heavy atom. The fourth-order valence-corrected chi connectivity index (χ4v) is 2.78. The number of hydrogen-bond acceptors (Lipinski definition) is 3. The minimum absolute atomic E-state index is 0.245. The first-order chi connectivity index (χ1) is 9.47. The third-order valence-corrected chi connectivity index (χ3v) is 3.91. The minimum atomic E-state index is 0.245. The first-order valence-electron chi connectivity index (χ1n) is 5.47. The van der Waals surface area contributed by atoms with Crippen LogP contribution in [0.4, 0.5) is 5.69 Å². The molecule has 20 heavy (non-hydrogen) atoms. The highest BCUT2D eigenvalue weighted by Gasteiger charge is 2.18. The zero-order valence-corrected chi connectivity index (χ0v) is 12.8. The molecule has 0 spiro atoms. The van der Waals surface area contributed by atoms with Crippen LogP contribution in [0.5, 0.6) is 0 Å². The van der Waals surface area contributed by atoms with Crippen molar-refractivity contribution in [3.8, 4) is 11.5 Å². The molecule has 3 rings (SSSR count). The number of rotatable bonds is 1. The number of nitrogens with zero attached hydrogens (tertiary/aromatic N) is 1. The van der Waals surface area contributed by atoms with E-state index in [4.69, 9.17) is 56.6 Å². The lowest BCUT2D eigenvalue weighted by atomic mass is 10.2. The standard InChI is InChI=1S/C13H6Cl4N2O/c14-5-3-8(17)12-9(4-5)19-13(20-12)10-6(15)1-2-7(16)11(10)18/h1-4H,18H2. The van der Waals surface area contributed by atoms with Crippen molar-refractivity contribution in [1.82, 2.24) is 4.98 Å². The van der Waals surface area contributed by atoms with E-state index in [1.165, 1.54) is 0 Å². The van der Waals surface area contributed by atoms with Crippen LogP contribution in [0.15, 0.2) is 28.7 Å². The maximum Gasteiger partial charge on any atom is 0.231 e. The molecule has 0 amide bonds. The molecule has 0 bridgehead atoms. The quantitative estimate of drug-likeness (QED) is 0.575. The van der Waals surface area contributed by atoms with Gasteiger partial charge in [0, 0.05) is 5.02 Å². The van der Waals surface area contributed by atoms with E-state index in [0.29, 0.717) is 42.4 Å². The van der Waals surface area contributed by atoms with Gasteiger partial charge in [-0.3, -0.25) is 0 Å². The highest BCUT2D eigenvalue weighted by atomic mass is 35.5. The molecule has 1 heterocycles. The number of nitrogen functional groups attached to an aromatic ring is 1. The average Bonchev–Trinajstić information content (AvgIpc) is 2.78. The summed E-state index contributed by atoms with van der Waals surface area (Å²) in [6.07, 6.45) is 0. The monoisotopic (exact) mass is 346 g/mol. The first-order valence-corrected chi connectivity index (χ1v) is 6.98. The van der Waals surface area contributed by atoms with Crippen LogP contribution >= 0.6 is 46.4 Å². The molecular formula is C13H6Cl4N2O. The van der Waals surface area contributed by atoms with Crippen LogP contribution < -0.4 is 5.73 Å². The van der Waals surface area contributed by atoms with Crippen LogP contribution in [0, 0.1) is 0 Å². The largest absolute Gasteiger partial charge is 0.434 e. The second-order valence-electron chi connectivity index (χ2n) is 4.07. The Morgan fingerprint density at radius 2 is 1.65 bits per heavy atom. The molecule has 102 valence electrons. The smallest absolute Gasteiger partial charge is 0.231 e. The Hall–Kier alpha value is -1.13. The summed E-state index contributed by atoms with van der Waals surface area (Å²) in [5.74, 6) is 0.245. The number of halogens is 4. The van der Waals surface area contributed by atoms with E-state index < -0.39 is 0 Å². The fraction of sp³-hybridized carbons (Fsp3) is 0. The van der Waals surface area contributed by atoms with E-state index in [1.807, 2.05) is 0 Å². The predicted octanol–water partition coefficient (Wildman–Crippen LogP) is 5.69. The van der Waals surface area contributed by atoms with Gasteiger partial charge < -0.3 is 10.2 Å². The fourth-order valence-electron chi connectivity index (χ4n) is 1.85. The lowest BCUT2D eigenvalue weighted by Crippen LogP contribution is -1.92. The van der Waals surface area contributed by atoms with Gasteiger partial charge in [-0.05, 0) is 24.3 Å². The van der Waals surface area contributed by atoms with Crippen LogP contribution in [-0.4, -0.2) is 4.98 Å². The van der Waals surface area contributed by atoms with Crippen molar-refractivity contribution in [2.75, 3.05) is 5.73 Å². The average molecular weight is 348 g/mol. The molecule has 0 saturated heterocycles. The van der Waals surface area contributed by atoms with Gasteiger partial charge >= 0.3 is 0 Å². The van der Waals surface area contributed by atoms with Crippen LogP contribution in [0.2, 0.25) is 20.1 Å². The van der Waals surface area contributed by atoms with Gasteiger partial charge in [-0.15, -0.1) is 0 Å². The summed E-state index contributed by atoms with van der Waals surface area (Å²) in [6, 6.07) is 6.45.